The molecule has 1 aliphatic carbocycles. The number of nitrogens with two attached hydrogens (primary N) is 1. The molecule has 1 heterocycles. The highest BCUT2D eigenvalue weighted by atomic mass is 16.4. The van der Waals surface area contributed by atoms with Crippen molar-refractivity contribution in [2.45, 2.75) is 45.2 Å². The zero-order valence-corrected chi connectivity index (χ0v) is 10.1. The van der Waals surface area contributed by atoms with Crippen LogP contribution in [-0.2, 0) is 17.8 Å². The third kappa shape index (κ3) is 3.56. The van der Waals surface area contributed by atoms with Gasteiger partial charge in [-0.1, -0.05) is 19.8 Å². The Morgan fingerprint density at radius 3 is 3.06 bits per heavy atom. The molecule has 17 heavy (non-hydrogen) atoms. The first-order chi connectivity index (χ1) is 8.19. The van der Waals surface area contributed by atoms with E-state index < -0.39 is 6.04 Å². The van der Waals surface area contributed by atoms with Crippen molar-refractivity contribution in [2.24, 2.45) is 11.7 Å². The number of nitrogens with zero attached hydrogens (tertiary/aromatic N) is 1. The van der Waals surface area contributed by atoms with E-state index in [4.69, 9.17) is 10.2 Å². The minimum Gasteiger partial charge on any atom is -0.444 e. The van der Waals surface area contributed by atoms with Crippen LogP contribution in [0.3, 0.4) is 0 Å². The molecular formula is C12H19N3O2. The number of hydrogen-bond donors (Lipinski definition) is 2. The molecule has 0 unspecified atom stereocenters. The molecule has 5 nitrogen and oxygen atoms in total. The van der Waals surface area contributed by atoms with Gasteiger partial charge in [0.1, 0.15) is 5.76 Å². The van der Waals surface area contributed by atoms with Gasteiger partial charge in [0, 0.05) is 6.42 Å². The van der Waals surface area contributed by atoms with E-state index in [-0.39, 0.29) is 5.91 Å². The monoisotopic (exact) mass is 237 g/mol. The lowest BCUT2D eigenvalue weighted by Crippen LogP contribution is -2.40. The molecule has 1 aromatic heterocycles. The Hall–Kier alpha value is -1.36. The van der Waals surface area contributed by atoms with E-state index in [1.807, 2.05) is 6.92 Å². The fraction of sp³-hybridized carbons (Fsp3) is 0.667. The molecule has 1 atom stereocenters. The Balaban J connectivity index is 1.74. The van der Waals surface area contributed by atoms with Gasteiger partial charge >= 0.3 is 0 Å². The molecular weight excluding hydrogens is 218 g/mol. The number of carbonyl (C=O) groups is 1. The van der Waals surface area contributed by atoms with Crippen LogP contribution in [0.15, 0.2) is 10.6 Å². The van der Waals surface area contributed by atoms with Gasteiger partial charge in [-0.3, -0.25) is 4.79 Å². The molecule has 2 rings (SSSR count). The number of amides is 1. The summed E-state index contributed by atoms with van der Waals surface area (Å²) in [4.78, 5) is 15.7. The SMILES string of the molecule is CCc1cnc(CNC(=O)[C@@H](N)CC2CC2)o1. The maximum absolute atomic E-state index is 11.7. The molecule has 1 aromatic rings. The van der Waals surface area contributed by atoms with E-state index in [0.717, 1.165) is 18.6 Å². The summed E-state index contributed by atoms with van der Waals surface area (Å²) < 4.78 is 5.39. The first-order valence-electron chi connectivity index (χ1n) is 6.16. The molecule has 5 heteroatoms. The van der Waals surface area contributed by atoms with Crippen molar-refractivity contribution >= 4 is 5.91 Å². The molecule has 0 aliphatic heterocycles. The van der Waals surface area contributed by atoms with Gasteiger partial charge in [0.2, 0.25) is 11.8 Å². The largest absolute Gasteiger partial charge is 0.444 e. The van der Waals surface area contributed by atoms with E-state index in [0.29, 0.717) is 18.4 Å². The normalized spacial score (nSPS) is 16.8. The summed E-state index contributed by atoms with van der Waals surface area (Å²) in [6, 6.07) is -0.400. The molecule has 94 valence electrons. The van der Waals surface area contributed by atoms with Crippen LogP contribution in [0.4, 0.5) is 0 Å². The molecule has 0 aromatic carbocycles. The molecule has 0 bridgehead atoms. The second-order valence-corrected chi connectivity index (χ2v) is 4.58. The minimum absolute atomic E-state index is 0.117. The van der Waals surface area contributed by atoms with E-state index in [1.54, 1.807) is 6.20 Å². The van der Waals surface area contributed by atoms with E-state index in [2.05, 4.69) is 10.3 Å². The van der Waals surface area contributed by atoms with Crippen LogP contribution in [0.2, 0.25) is 0 Å². The van der Waals surface area contributed by atoms with E-state index >= 15 is 0 Å². The predicted octanol–water partition coefficient (Wildman–Crippen LogP) is 0.981. The topological polar surface area (TPSA) is 81.2 Å². The van der Waals surface area contributed by atoms with Crippen LogP contribution in [0.5, 0.6) is 0 Å². The number of carbonyl (C=O) groups excluding carboxylic acids is 1. The molecule has 1 amide bonds. The molecule has 0 saturated heterocycles. The maximum atomic E-state index is 11.7. The third-order valence-electron chi connectivity index (χ3n) is 2.98. The van der Waals surface area contributed by atoms with Crippen molar-refractivity contribution in [1.29, 1.82) is 0 Å². The number of rotatable bonds is 6. The standard InChI is InChI=1S/C12H19N3O2/c1-2-9-6-14-11(17-9)7-15-12(16)10(13)5-8-3-4-8/h6,8,10H,2-5,7,13H2,1H3,(H,15,16)/t10-/m0/s1. The molecule has 0 radical (unpaired) electrons. The van der Waals surface area contributed by atoms with Crippen molar-refractivity contribution in [3.8, 4) is 0 Å². The fourth-order valence-electron chi connectivity index (χ4n) is 1.71. The lowest BCUT2D eigenvalue weighted by atomic mass is 10.1. The summed E-state index contributed by atoms with van der Waals surface area (Å²) in [7, 11) is 0. The van der Waals surface area contributed by atoms with Crippen molar-refractivity contribution in [2.75, 3.05) is 0 Å². The number of hydrogen-bond acceptors (Lipinski definition) is 4. The Kier molecular flexibility index (Phi) is 3.78. The van der Waals surface area contributed by atoms with Crippen LogP contribution >= 0.6 is 0 Å². The summed E-state index contributed by atoms with van der Waals surface area (Å²) >= 11 is 0. The third-order valence-corrected chi connectivity index (χ3v) is 2.98. The second-order valence-electron chi connectivity index (χ2n) is 4.58. The van der Waals surface area contributed by atoms with Crippen molar-refractivity contribution in [3.05, 3.63) is 17.8 Å². The van der Waals surface area contributed by atoms with Crippen molar-refractivity contribution in [3.63, 3.8) is 0 Å². The van der Waals surface area contributed by atoms with Gasteiger partial charge in [-0.2, -0.15) is 0 Å². The quantitative estimate of drug-likeness (QED) is 0.772. The maximum Gasteiger partial charge on any atom is 0.237 e. The van der Waals surface area contributed by atoms with Gasteiger partial charge in [0.15, 0.2) is 0 Å². The van der Waals surface area contributed by atoms with Crippen molar-refractivity contribution in [1.82, 2.24) is 10.3 Å². The Morgan fingerprint density at radius 2 is 2.47 bits per heavy atom. The lowest BCUT2D eigenvalue weighted by Gasteiger charge is -2.10. The number of oxazole rings is 1. The highest BCUT2D eigenvalue weighted by Crippen LogP contribution is 2.33. The van der Waals surface area contributed by atoms with Gasteiger partial charge in [-0.15, -0.1) is 0 Å². The smallest absolute Gasteiger partial charge is 0.237 e. The molecule has 1 aliphatic rings. The van der Waals surface area contributed by atoms with Gasteiger partial charge in [-0.05, 0) is 12.3 Å². The zero-order chi connectivity index (χ0) is 12.3. The predicted molar refractivity (Wildman–Crippen MR) is 63.0 cm³/mol. The number of aryl methyl sites for hydroxylation is 1. The van der Waals surface area contributed by atoms with Gasteiger partial charge in [0.25, 0.3) is 0 Å². The zero-order valence-electron chi connectivity index (χ0n) is 10.1. The summed E-state index contributed by atoms with van der Waals surface area (Å²) in [5, 5.41) is 2.75. The van der Waals surface area contributed by atoms with Crippen LogP contribution in [0.1, 0.15) is 37.8 Å². The Bertz CT molecular complexity index is 385. The summed E-state index contributed by atoms with van der Waals surface area (Å²) in [5.74, 6) is 1.91. The van der Waals surface area contributed by atoms with Crippen LogP contribution < -0.4 is 11.1 Å². The second kappa shape index (κ2) is 5.31. The van der Waals surface area contributed by atoms with Crippen LogP contribution in [0.25, 0.3) is 0 Å². The molecule has 1 fully saturated rings. The minimum atomic E-state index is -0.400. The number of aromatic nitrogens is 1. The summed E-state index contributed by atoms with van der Waals surface area (Å²) in [6.45, 7) is 2.31. The van der Waals surface area contributed by atoms with Gasteiger partial charge in [0.05, 0.1) is 18.8 Å². The van der Waals surface area contributed by atoms with Crippen LogP contribution in [0, 0.1) is 5.92 Å². The average molecular weight is 237 g/mol. The Morgan fingerprint density at radius 1 is 1.71 bits per heavy atom. The number of nitrogens with one attached hydrogen (secondary N) is 1. The first kappa shape index (κ1) is 12.1. The van der Waals surface area contributed by atoms with E-state index in [9.17, 15) is 4.79 Å². The summed E-state index contributed by atoms with van der Waals surface area (Å²) in [6.07, 6.45) is 5.70. The summed E-state index contributed by atoms with van der Waals surface area (Å²) in [5.41, 5.74) is 5.79. The van der Waals surface area contributed by atoms with Crippen molar-refractivity contribution < 1.29 is 9.21 Å². The van der Waals surface area contributed by atoms with Crippen LogP contribution in [-0.4, -0.2) is 16.9 Å². The molecule has 0 spiro atoms. The average Bonchev–Trinajstić information content (AvgIpc) is 3.02. The van der Waals surface area contributed by atoms with Gasteiger partial charge in [-0.25, -0.2) is 4.98 Å². The fourth-order valence-corrected chi connectivity index (χ4v) is 1.71. The first-order valence-corrected chi connectivity index (χ1v) is 6.16. The van der Waals surface area contributed by atoms with Gasteiger partial charge < -0.3 is 15.5 Å². The van der Waals surface area contributed by atoms with E-state index in [1.165, 1.54) is 12.8 Å². The Labute approximate surface area is 101 Å². The highest BCUT2D eigenvalue weighted by molar-refractivity contribution is 5.81. The molecule has 1 saturated carbocycles. The highest BCUT2D eigenvalue weighted by Gasteiger charge is 2.26. The molecule has 3 N–H and O–H groups in total. The lowest BCUT2D eigenvalue weighted by molar-refractivity contribution is -0.122.